The highest BCUT2D eigenvalue weighted by atomic mass is 32.2. The van der Waals surface area contributed by atoms with E-state index in [2.05, 4.69) is 19.8 Å². The van der Waals surface area contributed by atoms with Crippen LogP contribution in [0.3, 0.4) is 0 Å². The number of anilines is 4. The molecule has 8 nitrogen and oxygen atoms in total. The quantitative estimate of drug-likeness (QED) is 0.423. The van der Waals surface area contributed by atoms with E-state index in [0.29, 0.717) is 47.4 Å². The number of piperidine rings is 1. The number of benzene rings is 2. The number of halogens is 2. The molecule has 41 heavy (non-hydrogen) atoms. The molecule has 2 aromatic rings. The molecule has 222 valence electrons. The maximum Gasteiger partial charge on any atom is 0.257 e. The lowest BCUT2D eigenvalue weighted by Crippen LogP contribution is -2.39. The SMILES string of the molecule is CN1CC2(CCC(F)(F)CC2)c2cc(NC(=O)c3ccc(NS(=O)(=O)CCO)cc3N3CCC4(CC3)CC4)ccc21. The van der Waals surface area contributed by atoms with Gasteiger partial charge in [0, 0.05) is 56.3 Å². The number of carbonyl (C=O) groups excluding carboxylic acids is 1. The Hall–Kier alpha value is -2.92. The molecule has 2 spiro atoms. The van der Waals surface area contributed by atoms with E-state index in [-0.39, 0.29) is 24.2 Å². The molecule has 0 radical (unpaired) electrons. The molecule has 3 N–H and O–H groups in total. The van der Waals surface area contributed by atoms with Crippen LogP contribution in [0.4, 0.5) is 31.5 Å². The van der Waals surface area contributed by atoms with E-state index >= 15 is 0 Å². The van der Waals surface area contributed by atoms with Gasteiger partial charge in [0.2, 0.25) is 15.9 Å². The van der Waals surface area contributed by atoms with Gasteiger partial charge in [0.1, 0.15) is 0 Å². The monoisotopic (exact) mass is 588 g/mol. The average molecular weight is 589 g/mol. The molecule has 0 unspecified atom stereocenters. The van der Waals surface area contributed by atoms with Crippen LogP contribution in [0, 0.1) is 5.41 Å². The largest absolute Gasteiger partial charge is 0.395 e. The van der Waals surface area contributed by atoms with Crippen LogP contribution in [0.1, 0.15) is 67.3 Å². The maximum absolute atomic E-state index is 14.0. The van der Waals surface area contributed by atoms with Gasteiger partial charge in [-0.25, -0.2) is 17.2 Å². The average Bonchev–Trinajstić information content (AvgIpc) is 3.62. The van der Waals surface area contributed by atoms with Crippen molar-refractivity contribution in [3.05, 3.63) is 47.5 Å². The first-order chi connectivity index (χ1) is 19.4. The van der Waals surface area contributed by atoms with Crippen LogP contribution in [0.2, 0.25) is 0 Å². The Bertz CT molecular complexity index is 1440. The molecule has 1 saturated heterocycles. The molecule has 6 rings (SSSR count). The van der Waals surface area contributed by atoms with Crippen molar-refractivity contribution in [1.82, 2.24) is 0 Å². The molecule has 2 aliphatic heterocycles. The highest BCUT2D eigenvalue weighted by molar-refractivity contribution is 7.92. The van der Waals surface area contributed by atoms with Gasteiger partial charge >= 0.3 is 0 Å². The lowest BCUT2D eigenvalue weighted by atomic mass is 9.69. The number of hydrogen-bond acceptors (Lipinski definition) is 6. The molecule has 3 fully saturated rings. The van der Waals surface area contributed by atoms with Crippen molar-refractivity contribution in [3.63, 3.8) is 0 Å². The van der Waals surface area contributed by atoms with Crippen LogP contribution in [-0.4, -0.2) is 64.4 Å². The Morgan fingerprint density at radius 1 is 0.927 bits per heavy atom. The zero-order chi connectivity index (χ0) is 29.0. The Balaban J connectivity index is 1.27. The van der Waals surface area contributed by atoms with Crippen LogP contribution < -0.4 is 19.8 Å². The molecule has 2 heterocycles. The molecule has 4 aliphatic rings. The summed E-state index contributed by atoms with van der Waals surface area (Å²) in [6.07, 6.45) is 5.09. The second-order valence-corrected chi connectivity index (χ2v) is 14.4. The summed E-state index contributed by atoms with van der Waals surface area (Å²) in [4.78, 5) is 18.0. The number of nitrogens with zero attached hydrogens (tertiary/aromatic N) is 2. The molecule has 0 atom stereocenters. The van der Waals surface area contributed by atoms with Gasteiger partial charge in [-0.15, -0.1) is 0 Å². The van der Waals surface area contributed by atoms with E-state index in [1.807, 2.05) is 25.2 Å². The standard InChI is InChI=1S/C30H38F2N4O4S/c1-35-20-29(8-10-30(31,32)11-9-29)24-18-21(3-5-25(24)35)33-27(38)23-4-2-22(34-41(39,40)17-16-37)19-26(23)36-14-12-28(6-7-28)13-15-36/h2-5,18-19,34,37H,6-17,20H2,1H3,(H,33,38). The number of fused-ring (bicyclic) bond motifs is 2. The number of sulfonamides is 1. The number of aliphatic hydroxyl groups excluding tert-OH is 1. The molecular weight excluding hydrogens is 550 g/mol. The second-order valence-electron chi connectivity index (χ2n) is 12.5. The predicted octanol–water partition coefficient (Wildman–Crippen LogP) is 4.95. The predicted molar refractivity (Wildman–Crippen MR) is 157 cm³/mol. The van der Waals surface area contributed by atoms with Crippen LogP contribution in [0.15, 0.2) is 36.4 Å². The van der Waals surface area contributed by atoms with Gasteiger partial charge in [0.25, 0.3) is 5.91 Å². The van der Waals surface area contributed by atoms with Crippen LogP contribution >= 0.6 is 0 Å². The van der Waals surface area contributed by atoms with Gasteiger partial charge in [-0.1, -0.05) is 0 Å². The Kier molecular flexibility index (Phi) is 6.96. The van der Waals surface area contributed by atoms with Gasteiger partial charge in [0.05, 0.1) is 29.3 Å². The molecule has 2 saturated carbocycles. The van der Waals surface area contributed by atoms with Crippen LogP contribution in [-0.2, 0) is 15.4 Å². The first-order valence-electron chi connectivity index (χ1n) is 14.5. The minimum absolute atomic E-state index is 0.133. The van der Waals surface area contributed by atoms with Crippen molar-refractivity contribution in [2.45, 2.75) is 62.7 Å². The van der Waals surface area contributed by atoms with Gasteiger partial charge in [0.15, 0.2) is 0 Å². The fraction of sp³-hybridized carbons (Fsp3) is 0.567. The van der Waals surface area contributed by atoms with Gasteiger partial charge in [-0.2, -0.15) is 0 Å². The molecule has 0 bridgehead atoms. The van der Waals surface area contributed by atoms with Crippen molar-refractivity contribution in [2.75, 3.05) is 58.9 Å². The molecule has 2 aromatic carbocycles. The lowest BCUT2D eigenvalue weighted by molar-refractivity contribution is -0.0499. The maximum atomic E-state index is 14.0. The number of rotatable bonds is 7. The number of alkyl halides is 2. The van der Waals surface area contributed by atoms with Gasteiger partial charge < -0.3 is 20.2 Å². The summed E-state index contributed by atoms with van der Waals surface area (Å²) in [5, 5.41) is 12.1. The first-order valence-corrected chi connectivity index (χ1v) is 16.1. The minimum Gasteiger partial charge on any atom is -0.395 e. The van der Waals surface area contributed by atoms with Crippen LogP contribution in [0.5, 0.6) is 0 Å². The Labute approximate surface area is 240 Å². The molecule has 0 aromatic heterocycles. The lowest BCUT2D eigenvalue weighted by Gasteiger charge is -2.37. The Morgan fingerprint density at radius 2 is 1.61 bits per heavy atom. The normalized spacial score (nSPS) is 22.0. The third-order valence-electron chi connectivity index (χ3n) is 9.71. The van der Waals surface area contributed by atoms with E-state index in [1.165, 1.54) is 12.8 Å². The van der Waals surface area contributed by atoms with Gasteiger partial charge in [-0.3, -0.25) is 9.52 Å². The fourth-order valence-electron chi connectivity index (χ4n) is 7.01. The molecule has 2 aliphatic carbocycles. The van der Waals surface area contributed by atoms with Crippen molar-refractivity contribution in [3.8, 4) is 0 Å². The van der Waals surface area contributed by atoms with Gasteiger partial charge in [-0.05, 0) is 85.9 Å². The minimum atomic E-state index is -3.72. The number of nitrogens with one attached hydrogen (secondary N) is 2. The van der Waals surface area contributed by atoms with Crippen LogP contribution in [0.25, 0.3) is 0 Å². The summed E-state index contributed by atoms with van der Waals surface area (Å²) in [7, 11) is -1.75. The topological polar surface area (TPSA) is 102 Å². The van der Waals surface area contributed by atoms with E-state index in [1.54, 1.807) is 18.2 Å². The highest BCUT2D eigenvalue weighted by Gasteiger charge is 2.49. The summed E-state index contributed by atoms with van der Waals surface area (Å²) < 4.78 is 55.2. The third-order valence-corrected chi connectivity index (χ3v) is 11.0. The number of amides is 1. The number of likely N-dealkylation sites (N-methyl/N-ethyl adjacent to an activating group) is 1. The van der Waals surface area contributed by atoms with Crippen molar-refractivity contribution >= 4 is 38.7 Å². The zero-order valence-electron chi connectivity index (χ0n) is 23.4. The number of carbonyl (C=O) groups is 1. The number of aliphatic hydroxyl groups is 1. The van der Waals surface area contributed by atoms with E-state index in [0.717, 1.165) is 37.2 Å². The zero-order valence-corrected chi connectivity index (χ0v) is 24.2. The summed E-state index contributed by atoms with van der Waals surface area (Å²) in [5.74, 6) is -3.35. The third kappa shape index (κ3) is 5.62. The summed E-state index contributed by atoms with van der Waals surface area (Å²) >= 11 is 0. The van der Waals surface area contributed by atoms with Crippen molar-refractivity contribution < 1.29 is 27.1 Å². The van der Waals surface area contributed by atoms with E-state index in [9.17, 15) is 22.0 Å². The second kappa shape index (κ2) is 10.1. The first kappa shape index (κ1) is 28.2. The van der Waals surface area contributed by atoms with E-state index in [4.69, 9.17) is 5.11 Å². The summed E-state index contributed by atoms with van der Waals surface area (Å²) in [6.45, 7) is 1.76. The Morgan fingerprint density at radius 3 is 2.27 bits per heavy atom. The number of hydrogen-bond donors (Lipinski definition) is 3. The fourth-order valence-corrected chi connectivity index (χ4v) is 7.84. The molecule has 1 amide bonds. The summed E-state index contributed by atoms with van der Waals surface area (Å²) in [6, 6.07) is 10.6. The summed E-state index contributed by atoms with van der Waals surface area (Å²) in [5.41, 5.74) is 4.14. The van der Waals surface area contributed by atoms with Crippen molar-refractivity contribution in [2.24, 2.45) is 5.41 Å². The smallest absolute Gasteiger partial charge is 0.257 e. The molecule has 11 heteroatoms. The highest BCUT2D eigenvalue weighted by Crippen LogP contribution is 2.54. The van der Waals surface area contributed by atoms with Crippen molar-refractivity contribution in [1.29, 1.82) is 0 Å². The van der Waals surface area contributed by atoms with E-state index < -0.39 is 28.3 Å². The molecular formula is C30H38F2N4O4S.